The summed E-state index contributed by atoms with van der Waals surface area (Å²) in [5.41, 5.74) is 16.9. The second-order valence-corrected chi connectivity index (χ2v) is 6.54. The molecular formula is C23H26N2O. The highest BCUT2D eigenvalue weighted by Crippen LogP contribution is 2.43. The average Bonchev–Trinajstić information content (AvgIpc) is 2.70. The predicted octanol–water partition coefficient (Wildman–Crippen LogP) is 4.26. The van der Waals surface area contributed by atoms with Gasteiger partial charge in [0.1, 0.15) is 5.60 Å². The van der Waals surface area contributed by atoms with E-state index in [0.717, 1.165) is 35.1 Å². The maximum absolute atomic E-state index is 12.0. The van der Waals surface area contributed by atoms with E-state index in [0.29, 0.717) is 16.9 Å². The molecule has 3 aromatic carbocycles. The topological polar surface area (TPSA) is 72.3 Å². The van der Waals surface area contributed by atoms with Gasteiger partial charge in [-0.3, -0.25) is 0 Å². The Balaban J connectivity index is 2.36. The molecular weight excluding hydrogens is 320 g/mol. The van der Waals surface area contributed by atoms with Gasteiger partial charge in [0.2, 0.25) is 0 Å². The van der Waals surface area contributed by atoms with Crippen LogP contribution in [0.2, 0.25) is 0 Å². The zero-order valence-electron chi connectivity index (χ0n) is 15.4. The van der Waals surface area contributed by atoms with Gasteiger partial charge < -0.3 is 16.6 Å². The highest BCUT2D eigenvalue weighted by molar-refractivity contribution is 5.76. The Kier molecular flexibility index (Phi) is 5.01. The first-order valence-corrected chi connectivity index (χ1v) is 9.07. The van der Waals surface area contributed by atoms with Crippen LogP contribution in [-0.4, -0.2) is 5.11 Å². The van der Waals surface area contributed by atoms with Crippen LogP contribution >= 0.6 is 0 Å². The third-order valence-electron chi connectivity index (χ3n) is 5.12. The second-order valence-electron chi connectivity index (χ2n) is 6.54. The van der Waals surface area contributed by atoms with Gasteiger partial charge in [-0.2, -0.15) is 0 Å². The van der Waals surface area contributed by atoms with Crippen molar-refractivity contribution in [3.8, 4) is 0 Å². The average molecular weight is 346 g/mol. The van der Waals surface area contributed by atoms with Gasteiger partial charge in [-0.25, -0.2) is 0 Å². The number of hydrogen-bond acceptors (Lipinski definition) is 3. The Labute approximate surface area is 155 Å². The van der Waals surface area contributed by atoms with Crippen LogP contribution in [0.4, 0.5) is 11.4 Å². The molecule has 3 heteroatoms. The molecule has 134 valence electrons. The summed E-state index contributed by atoms with van der Waals surface area (Å²) >= 11 is 0. The zero-order valence-corrected chi connectivity index (χ0v) is 15.4. The van der Waals surface area contributed by atoms with E-state index in [4.69, 9.17) is 11.5 Å². The summed E-state index contributed by atoms with van der Waals surface area (Å²) in [6.45, 7) is 4.17. The van der Waals surface area contributed by atoms with Gasteiger partial charge in [-0.15, -0.1) is 0 Å². The molecule has 0 spiro atoms. The van der Waals surface area contributed by atoms with E-state index in [1.807, 2.05) is 66.7 Å². The van der Waals surface area contributed by atoms with E-state index in [2.05, 4.69) is 13.8 Å². The van der Waals surface area contributed by atoms with E-state index in [1.165, 1.54) is 0 Å². The van der Waals surface area contributed by atoms with Crippen molar-refractivity contribution in [3.63, 3.8) is 0 Å². The SMILES string of the molecule is CCc1cc(C(O)(c2ccccc2)c2ccccc2)c(N)c(N)c1CC. The van der Waals surface area contributed by atoms with Crippen LogP contribution in [-0.2, 0) is 18.4 Å². The number of anilines is 2. The third kappa shape index (κ3) is 2.85. The van der Waals surface area contributed by atoms with Crippen molar-refractivity contribution < 1.29 is 5.11 Å². The van der Waals surface area contributed by atoms with Crippen molar-refractivity contribution in [2.45, 2.75) is 32.3 Å². The smallest absolute Gasteiger partial charge is 0.142 e. The van der Waals surface area contributed by atoms with Gasteiger partial charge in [-0.1, -0.05) is 74.5 Å². The van der Waals surface area contributed by atoms with Gasteiger partial charge in [0.25, 0.3) is 0 Å². The van der Waals surface area contributed by atoms with E-state index in [9.17, 15) is 5.11 Å². The van der Waals surface area contributed by atoms with Crippen LogP contribution in [0.1, 0.15) is 41.7 Å². The monoisotopic (exact) mass is 346 g/mol. The van der Waals surface area contributed by atoms with Crippen LogP contribution in [0.5, 0.6) is 0 Å². The van der Waals surface area contributed by atoms with Crippen molar-refractivity contribution >= 4 is 11.4 Å². The largest absolute Gasteiger partial charge is 0.397 e. The fourth-order valence-electron chi connectivity index (χ4n) is 3.69. The third-order valence-corrected chi connectivity index (χ3v) is 5.12. The lowest BCUT2D eigenvalue weighted by Gasteiger charge is -2.33. The fourth-order valence-corrected chi connectivity index (χ4v) is 3.69. The normalized spacial score (nSPS) is 11.5. The molecule has 26 heavy (non-hydrogen) atoms. The number of aliphatic hydroxyl groups is 1. The Morgan fingerprint density at radius 2 is 1.27 bits per heavy atom. The maximum atomic E-state index is 12.0. The highest BCUT2D eigenvalue weighted by atomic mass is 16.3. The lowest BCUT2D eigenvalue weighted by Crippen LogP contribution is -2.30. The molecule has 3 nitrogen and oxygen atoms in total. The van der Waals surface area contributed by atoms with Gasteiger partial charge in [0, 0.05) is 5.56 Å². The molecule has 0 amide bonds. The highest BCUT2D eigenvalue weighted by Gasteiger charge is 2.36. The van der Waals surface area contributed by atoms with Gasteiger partial charge in [-0.05, 0) is 41.2 Å². The number of aryl methyl sites for hydroxylation is 1. The van der Waals surface area contributed by atoms with Crippen LogP contribution in [0.25, 0.3) is 0 Å². The first-order valence-electron chi connectivity index (χ1n) is 9.07. The van der Waals surface area contributed by atoms with Gasteiger partial charge in [0.05, 0.1) is 11.4 Å². The van der Waals surface area contributed by atoms with Crippen molar-refractivity contribution in [3.05, 3.63) is 94.5 Å². The number of nitrogen functional groups attached to an aromatic ring is 2. The minimum Gasteiger partial charge on any atom is -0.397 e. The summed E-state index contributed by atoms with van der Waals surface area (Å²) in [6.07, 6.45) is 1.65. The molecule has 0 radical (unpaired) electrons. The van der Waals surface area contributed by atoms with Crippen molar-refractivity contribution in [1.29, 1.82) is 0 Å². The number of hydrogen-bond donors (Lipinski definition) is 3. The van der Waals surface area contributed by atoms with E-state index in [-0.39, 0.29) is 0 Å². The molecule has 0 fully saturated rings. The summed E-state index contributed by atoms with van der Waals surface area (Å²) in [4.78, 5) is 0. The summed E-state index contributed by atoms with van der Waals surface area (Å²) in [5, 5.41) is 12.0. The number of nitrogens with two attached hydrogens (primary N) is 2. The first-order chi connectivity index (χ1) is 12.5. The van der Waals surface area contributed by atoms with Crippen molar-refractivity contribution in [1.82, 2.24) is 0 Å². The van der Waals surface area contributed by atoms with Crippen LogP contribution in [0.15, 0.2) is 66.7 Å². The molecule has 5 N–H and O–H groups in total. The quantitative estimate of drug-likeness (QED) is 0.477. The van der Waals surface area contributed by atoms with Gasteiger partial charge >= 0.3 is 0 Å². The van der Waals surface area contributed by atoms with Crippen LogP contribution in [0, 0.1) is 0 Å². The second kappa shape index (κ2) is 7.22. The molecule has 0 aliphatic carbocycles. The molecule has 0 aliphatic heterocycles. The number of rotatable bonds is 5. The van der Waals surface area contributed by atoms with Crippen LogP contribution in [0.3, 0.4) is 0 Å². The molecule has 0 saturated heterocycles. The summed E-state index contributed by atoms with van der Waals surface area (Å²) in [7, 11) is 0. The molecule has 0 aromatic heterocycles. The minimum atomic E-state index is -1.36. The maximum Gasteiger partial charge on any atom is 0.142 e. The Morgan fingerprint density at radius 1 is 0.769 bits per heavy atom. The lowest BCUT2D eigenvalue weighted by atomic mass is 9.78. The Morgan fingerprint density at radius 3 is 1.69 bits per heavy atom. The van der Waals surface area contributed by atoms with Gasteiger partial charge in [0.15, 0.2) is 0 Å². The van der Waals surface area contributed by atoms with E-state index < -0.39 is 5.60 Å². The zero-order chi connectivity index (χ0) is 18.7. The molecule has 3 aromatic rings. The van der Waals surface area contributed by atoms with Crippen LogP contribution < -0.4 is 11.5 Å². The lowest BCUT2D eigenvalue weighted by molar-refractivity contribution is 0.126. The molecule has 0 unspecified atom stereocenters. The fraction of sp³-hybridized carbons (Fsp3) is 0.217. The summed E-state index contributed by atoms with van der Waals surface area (Å²) in [5.74, 6) is 0. The predicted molar refractivity (Wildman–Crippen MR) is 109 cm³/mol. The first kappa shape index (κ1) is 18.0. The Bertz CT molecular complexity index is 850. The Hall–Kier alpha value is -2.78. The minimum absolute atomic E-state index is 0.453. The molecule has 0 saturated carbocycles. The van der Waals surface area contributed by atoms with E-state index >= 15 is 0 Å². The molecule has 0 atom stereocenters. The summed E-state index contributed by atoms with van der Waals surface area (Å²) < 4.78 is 0. The molecule has 3 rings (SSSR count). The standard InChI is InChI=1S/C23H26N2O/c1-3-16-15-20(22(25)21(24)19(16)4-2)23(26,17-11-7-5-8-12-17)18-13-9-6-10-14-18/h5-15,26H,3-4,24-25H2,1-2H3. The summed E-state index contributed by atoms with van der Waals surface area (Å²) in [6, 6.07) is 21.2. The number of benzene rings is 3. The molecule has 0 heterocycles. The molecule has 0 bridgehead atoms. The van der Waals surface area contributed by atoms with Crippen molar-refractivity contribution in [2.24, 2.45) is 0 Å². The van der Waals surface area contributed by atoms with Crippen molar-refractivity contribution in [2.75, 3.05) is 11.5 Å². The van der Waals surface area contributed by atoms with E-state index in [1.54, 1.807) is 0 Å². The molecule has 0 aliphatic rings.